The number of benzene rings is 1. The predicted octanol–water partition coefficient (Wildman–Crippen LogP) is 2.86. The Bertz CT molecular complexity index is 665. The minimum Gasteiger partial charge on any atom is -0.355 e. The molecule has 0 amide bonds. The molecule has 0 aliphatic carbocycles. The number of thiophene rings is 1. The number of nitrogens with zero attached hydrogens (tertiary/aromatic N) is 2. The molecule has 2 heterocycles. The zero-order chi connectivity index (χ0) is 16.8. The van der Waals surface area contributed by atoms with Crippen LogP contribution in [-0.4, -0.2) is 37.0 Å². The average Bonchev–Trinajstić information content (AvgIpc) is 3.10. The van der Waals surface area contributed by atoms with E-state index >= 15 is 0 Å². The fraction of sp³-hybridized carbons (Fsp3) is 0.421. The van der Waals surface area contributed by atoms with E-state index in [-0.39, 0.29) is 0 Å². The summed E-state index contributed by atoms with van der Waals surface area (Å²) >= 11 is 1.89. The molecule has 0 spiro atoms. The van der Waals surface area contributed by atoms with Crippen LogP contribution in [0.3, 0.4) is 0 Å². The standard InChI is InChI=1S/C19H26N4S/c1-15(23-10-8-18-17(14-23)9-11-24-18)12-21-19(20-2)22-13-16-6-4-3-5-7-16/h3-7,9,11,15H,8,10,12-14H2,1-2H3,(H2,20,21,22). The van der Waals surface area contributed by atoms with Gasteiger partial charge in [-0.2, -0.15) is 0 Å². The van der Waals surface area contributed by atoms with Crippen LogP contribution >= 0.6 is 11.3 Å². The minimum absolute atomic E-state index is 0.480. The molecule has 1 aliphatic heterocycles. The Morgan fingerprint density at radius 3 is 2.88 bits per heavy atom. The molecule has 1 atom stereocenters. The molecule has 1 aromatic carbocycles. The molecular weight excluding hydrogens is 316 g/mol. The van der Waals surface area contributed by atoms with Gasteiger partial charge < -0.3 is 10.6 Å². The first-order valence-electron chi connectivity index (χ1n) is 8.54. The molecule has 1 unspecified atom stereocenters. The van der Waals surface area contributed by atoms with E-state index < -0.39 is 0 Å². The highest BCUT2D eigenvalue weighted by atomic mass is 32.1. The summed E-state index contributed by atoms with van der Waals surface area (Å²) in [6.07, 6.45) is 1.18. The van der Waals surface area contributed by atoms with Gasteiger partial charge in [-0.15, -0.1) is 11.3 Å². The summed E-state index contributed by atoms with van der Waals surface area (Å²) in [6.45, 7) is 6.18. The molecule has 0 saturated heterocycles. The lowest BCUT2D eigenvalue weighted by molar-refractivity contribution is 0.192. The quantitative estimate of drug-likeness (QED) is 0.648. The summed E-state index contributed by atoms with van der Waals surface area (Å²) in [5.74, 6) is 0.860. The molecular formula is C19H26N4S. The zero-order valence-corrected chi connectivity index (χ0v) is 15.3. The van der Waals surface area contributed by atoms with Gasteiger partial charge in [0, 0.05) is 44.1 Å². The highest BCUT2D eigenvalue weighted by Crippen LogP contribution is 2.24. The second kappa shape index (κ2) is 8.31. The van der Waals surface area contributed by atoms with Gasteiger partial charge in [-0.1, -0.05) is 30.3 Å². The zero-order valence-electron chi connectivity index (χ0n) is 14.5. The number of aliphatic imine (C=N–C) groups is 1. The smallest absolute Gasteiger partial charge is 0.191 e. The molecule has 0 radical (unpaired) electrons. The van der Waals surface area contributed by atoms with Crippen molar-refractivity contribution in [2.75, 3.05) is 20.1 Å². The average molecular weight is 343 g/mol. The van der Waals surface area contributed by atoms with Crippen molar-refractivity contribution in [3.8, 4) is 0 Å². The summed E-state index contributed by atoms with van der Waals surface area (Å²) in [5, 5.41) is 9.05. The summed E-state index contributed by atoms with van der Waals surface area (Å²) in [5.41, 5.74) is 2.76. The first-order chi connectivity index (χ1) is 11.8. The van der Waals surface area contributed by atoms with Gasteiger partial charge in [0.2, 0.25) is 0 Å². The van der Waals surface area contributed by atoms with Crippen molar-refractivity contribution in [3.63, 3.8) is 0 Å². The van der Waals surface area contributed by atoms with E-state index in [9.17, 15) is 0 Å². The van der Waals surface area contributed by atoms with Gasteiger partial charge in [0.1, 0.15) is 0 Å². The number of nitrogens with one attached hydrogen (secondary N) is 2. The third-order valence-electron chi connectivity index (χ3n) is 4.55. The van der Waals surface area contributed by atoms with Crippen LogP contribution in [0.1, 0.15) is 22.9 Å². The molecule has 24 heavy (non-hydrogen) atoms. The van der Waals surface area contributed by atoms with Crippen molar-refractivity contribution in [3.05, 3.63) is 57.8 Å². The number of guanidine groups is 1. The van der Waals surface area contributed by atoms with Crippen molar-refractivity contribution in [1.82, 2.24) is 15.5 Å². The largest absolute Gasteiger partial charge is 0.355 e. The SMILES string of the molecule is CN=C(NCc1ccccc1)NCC(C)N1CCc2sccc2C1. The highest BCUT2D eigenvalue weighted by Gasteiger charge is 2.21. The number of fused-ring (bicyclic) bond motifs is 1. The second-order valence-corrected chi connectivity index (χ2v) is 7.23. The van der Waals surface area contributed by atoms with E-state index in [1.165, 1.54) is 17.5 Å². The van der Waals surface area contributed by atoms with Gasteiger partial charge in [-0.05, 0) is 35.9 Å². The predicted molar refractivity (Wildman–Crippen MR) is 103 cm³/mol. The molecule has 0 bridgehead atoms. The maximum atomic E-state index is 4.33. The van der Waals surface area contributed by atoms with Gasteiger partial charge in [-0.3, -0.25) is 9.89 Å². The second-order valence-electron chi connectivity index (χ2n) is 6.23. The van der Waals surface area contributed by atoms with E-state index in [2.05, 4.69) is 63.2 Å². The Morgan fingerprint density at radius 2 is 2.08 bits per heavy atom. The van der Waals surface area contributed by atoms with Gasteiger partial charge in [0.05, 0.1) is 0 Å². The maximum Gasteiger partial charge on any atom is 0.191 e. The van der Waals surface area contributed by atoms with Crippen molar-refractivity contribution in [2.24, 2.45) is 4.99 Å². The van der Waals surface area contributed by atoms with Crippen LogP contribution in [-0.2, 0) is 19.5 Å². The van der Waals surface area contributed by atoms with E-state index in [1.54, 1.807) is 4.88 Å². The first kappa shape index (κ1) is 17.0. The fourth-order valence-corrected chi connectivity index (χ4v) is 3.91. The van der Waals surface area contributed by atoms with Gasteiger partial charge in [0.15, 0.2) is 5.96 Å². The lowest BCUT2D eigenvalue weighted by Crippen LogP contribution is -2.47. The molecule has 5 heteroatoms. The van der Waals surface area contributed by atoms with Gasteiger partial charge in [0.25, 0.3) is 0 Å². The fourth-order valence-electron chi connectivity index (χ4n) is 3.02. The number of hydrogen-bond donors (Lipinski definition) is 2. The Morgan fingerprint density at radius 1 is 1.25 bits per heavy atom. The number of rotatable bonds is 5. The third-order valence-corrected chi connectivity index (χ3v) is 5.57. The third kappa shape index (κ3) is 4.36. The normalized spacial score (nSPS) is 16.5. The molecule has 2 aromatic rings. The van der Waals surface area contributed by atoms with E-state index in [0.717, 1.165) is 32.1 Å². The van der Waals surface area contributed by atoms with Crippen molar-refractivity contribution in [1.29, 1.82) is 0 Å². The molecule has 1 aliphatic rings. The summed E-state index contributed by atoms with van der Waals surface area (Å²) < 4.78 is 0. The topological polar surface area (TPSA) is 39.7 Å². The van der Waals surface area contributed by atoms with Crippen LogP contribution in [0.4, 0.5) is 0 Å². The van der Waals surface area contributed by atoms with Crippen LogP contribution < -0.4 is 10.6 Å². The van der Waals surface area contributed by atoms with E-state index in [1.807, 2.05) is 24.5 Å². The van der Waals surface area contributed by atoms with E-state index in [0.29, 0.717) is 6.04 Å². The summed E-state index contributed by atoms with van der Waals surface area (Å²) in [7, 11) is 1.82. The van der Waals surface area contributed by atoms with Crippen LogP contribution in [0, 0.1) is 0 Å². The van der Waals surface area contributed by atoms with Crippen molar-refractivity contribution >= 4 is 17.3 Å². The van der Waals surface area contributed by atoms with Crippen LogP contribution in [0.2, 0.25) is 0 Å². The van der Waals surface area contributed by atoms with Crippen LogP contribution in [0.15, 0.2) is 46.8 Å². The molecule has 3 rings (SSSR count). The summed E-state index contributed by atoms with van der Waals surface area (Å²) in [6, 6.07) is 13.1. The van der Waals surface area contributed by atoms with Crippen LogP contribution in [0.25, 0.3) is 0 Å². The Labute approximate surface area is 148 Å². The lowest BCUT2D eigenvalue weighted by atomic mass is 10.1. The Balaban J connectivity index is 1.45. The first-order valence-corrected chi connectivity index (χ1v) is 9.42. The monoisotopic (exact) mass is 342 g/mol. The minimum atomic E-state index is 0.480. The molecule has 4 nitrogen and oxygen atoms in total. The van der Waals surface area contributed by atoms with Crippen molar-refractivity contribution < 1.29 is 0 Å². The molecule has 128 valence electrons. The highest BCUT2D eigenvalue weighted by molar-refractivity contribution is 7.10. The number of hydrogen-bond acceptors (Lipinski definition) is 3. The molecule has 0 saturated carbocycles. The lowest BCUT2D eigenvalue weighted by Gasteiger charge is -2.32. The van der Waals surface area contributed by atoms with Gasteiger partial charge in [-0.25, -0.2) is 0 Å². The summed E-state index contributed by atoms with van der Waals surface area (Å²) in [4.78, 5) is 8.44. The molecule has 2 N–H and O–H groups in total. The van der Waals surface area contributed by atoms with Gasteiger partial charge >= 0.3 is 0 Å². The molecule has 0 fully saturated rings. The Hall–Kier alpha value is -1.85. The van der Waals surface area contributed by atoms with E-state index in [4.69, 9.17) is 0 Å². The molecule has 1 aromatic heterocycles. The van der Waals surface area contributed by atoms with Crippen molar-refractivity contribution in [2.45, 2.75) is 32.5 Å². The van der Waals surface area contributed by atoms with Crippen LogP contribution in [0.5, 0.6) is 0 Å². The maximum absolute atomic E-state index is 4.33. The Kier molecular flexibility index (Phi) is 5.88.